The van der Waals surface area contributed by atoms with Crippen LogP contribution in [-0.2, 0) is 6.42 Å². The van der Waals surface area contributed by atoms with Crippen molar-refractivity contribution >= 4 is 33.2 Å². The van der Waals surface area contributed by atoms with Gasteiger partial charge in [0.05, 0.1) is 4.88 Å². The summed E-state index contributed by atoms with van der Waals surface area (Å²) in [6.07, 6.45) is 5.91. The number of nitrogens with zero attached hydrogens (tertiary/aromatic N) is 3. The Bertz CT molecular complexity index is 1130. The zero-order chi connectivity index (χ0) is 21.5. The number of carbonyl (C=O) groups excluding carboxylic acids is 2. The third-order valence-corrected chi connectivity index (χ3v) is 7.55. The number of carbonyl (C=O) groups is 2. The number of rotatable bonds is 5. The SMILES string of the molecule is CN(C)C(=O)c1sc2ccccc2c1C[C@H]1CCCCN1C(=O)c1cc(C2CC2)on1. The Balaban J connectivity index is 1.46. The van der Waals surface area contributed by atoms with E-state index in [0.717, 1.165) is 58.4 Å². The molecule has 3 heterocycles. The van der Waals surface area contributed by atoms with E-state index in [1.807, 2.05) is 23.1 Å². The third kappa shape index (κ3) is 3.87. The zero-order valence-corrected chi connectivity index (χ0v) is 18.8. The summed E-state index contributed by atoms with van der Waals surface area (Å²) in [6.45, 7) is 0.716. The average Bonchev–Trinajstić information content (AvgIpc) is 3.40. The monoisotopic (exact) mass is 437 g/mol. The number of hydrogen-bond acceptors (Lipinski definition) is 5. The van der Waals surface area contributed by atoms with Gasteiger partial charge in [0.2, 0.25) is 0 Å². The molecule has 2 fully saturated rings. The second kappa shape index (κ2) is 8.11. The molecule has 0 radical (unpaired) electrons. The molecule has 31 heavy (non-hydrogen) atoms. The van der Waals surface area contributed by atoms with Gasteiger partial charge in [-0.15, -0.1) is 11.3 Å². The molecule has 1 saturated carbocycles. The lowest BCUT2D eigenvalue weighted by atomic mass is 9.93. The van der Waals surface area contributed by atoms with Gasteiger partial charge in [-0.05, 0) is 55.5 Å². The first-order valence-electron chi connectivity index (χ1n) is 11.0. The van der Waals surface area contributed by atoms with E-state index in [4.69, 9.17) is 4.52 Å². The van der Waals surface area contributed by atoms with Crippen molar-refractivity contribution in [3.63, 3.8) is 0 Å². The van der Waals surface area contributed by atoms with Crippen LogP contribution < -0.4 is 0 Å². The zero-order valence-electron chi connectivity index (χ0n) is 18.0. The van der Waals surface area contributed by atoms with Crippen LogP contribution in [0, 0.1) is 0 Å². The standard InChI is InChI=1S/C24H27N3O3S/c1-26(2)24(29)22-18(17-8-3-4-9-21(17)31-22)13-16-7-5-6-12-27(16)23(28)19-14-20(30-25-19)15-10-11-15/h3-4,8-9,14-16H,5-7,10-13H2,1-2H3/t16-/m1/s1. The van der Waals surface area contributed by atoms with Gasteiger partial charge >= 0.3 is 0 Å². The highest BCUT2D eigenvalue weighted by Gasteiger charge is 2.34. The Morgan fingerprint density at radius 2 is 2.00 bits per heavy atom. The summed E-state index contributed by atoms with van der Waals surface area (Å²) in [7, 11) is 3.57. The molecule has 1 atom stereocenters. The first kappa shape index (κ1) is 20.2. The van der Waals surface area contributed by atoms with Crippen molar-refractivity contribution in [2.75, 3.05) is 20.6 Å². The molecule has 6 nitrogen and oxygen atoms in total. The van der Waals surface area contributed by atoms with Crippen LogP contribution in [0.2, 0.25) is 0 Å². The van der Waals surface area contributed by atoms with E-state index in [2.05, 4.69) is 17.3 Å². The van der Waals surface area contributed by atoms with Gasteiger partial charge in [0.15, 0.2) is 5.69 Å². The van der Waals surface area contributed by atoms with Gasteiger partial charge in [0, 0.05) is 43.4 Å². The van der Waals surface area contributed by atoms with Gasteiger partial charge in [-0.3, -0.25) is 9.59 Å². The van der Waals surface area contributed by atoms with Crippen molar-refractivity contribution in [1.29, 1.82) is 0 Å². The van der Waals surface area contributed by atoms with E-state index in [1.165, 1.54) is 0 Å². The Hall–Kier alpha value is -2.67. The van der Waals surface area contributed by atoms with Crippen LogP contribution in [-0.4, -0.2) is 53.5 Å². The van der Waals surface area contributed by atoms with Gasteiger partial charge in [-0.1, -0.05) is 23.4 Å². The van der Waals surface area contributed by atoms with E-state index in [-0.39, 0.29) is 17.9 Å². The van der Waals surface area contributed by atoms with Crippen molar-refractivity contribution in [2.45, 2.75) is 50.5 Å². The Morgan fingerprint density at radius 3 is 2.77 bits per heavy atom. The molecule has 0 unspecified atom stereocenters. The van der Waals surface area contributed by atoms with E-state index in [0.29, 0.717) is 24.6 Å². The molecule has 0 bridgehead atoms. The van der Waals surface area contributed by atoms with Crippen LogP contribution in [0.1, 0.15) is 69.5 Å². The highest BCUT2D eigenvalue weighted by atomic mass is 32.1. The topological polar surface area (TPSA) is 66.7 Å². The molecule has 2 aromatic heterocycles. The fraction of sp³-hybridized carbons (Fsp3) is 0.458. The summed E-state index contributed by atoms with van der Waals surface area (Å²) in [5, 5.41) is 5.20. The van der Waals surface area contributed by atoms with Crippen molar-refractivity contribution in [1.82, 2.24) is 15.0 Å². The lowest BCUT2D eigenvalue weighted by Gasteiger charge is -2.35. The summed E-state index contributed by atoms with van der Waals surface area (Å²) in [4.78, 5) is 30.6. The summed E-state index contributed by atoms with van der Waals surface area (Å²) in [5.41, 5.74) is 1.47. The Kier molecular flexibility index (Phi) is 5.30. The van der Waals surface area contributed by atoms with E-state index < -0.39 is 0 Å². The minimum atomic E-state index is -0.0552. The number of aromatic nitrogens is 1. The van der Waals surface area contributed by atoms with Crippen LogP contribution in [0.4, 0.5) is 0 Å². The molecule has 1 aromatic carbocycles. The highest BCUT2D eigenvalue weighted by Crippen LogP contribution is 2.40. The van der Waals surface area contributed by atoms with Gasteiger partial charge < -0.3 is 14.3 Å². The summed E-state index contributed by atoms with van der Waals surface area (Å²) in [6, 6.07) is 10.0. The van der Waals surface area contributed by atoms with Gasteiger partial charge in [0.25, 0.3) is 11.8 Å². The summed E-state index contributed by atoms with van der Waals surface area (Å²) < 4.78 is 6.54. The first-order chi connectivity index (χ1) is 15.0. The van der Waals surface area contributed by atoms with Crippen LogP contribution in [0.5, 0.6) is 0 Å². The Labute approximate surface area is 185 Å². The summed E-state index contributed by atoms with van der Waals surface area (Å²) in [5.74, 6) is 1.23. The molecule has 0 N–H and O–H groups in total. The van der Waals surface area contributed by atoms with E-state index in [9.17, 15) is 9.59 Å². The number of hydrogen-bond donors (Lipinski definition) is 0. The van der Waals surface area contributed by atoms with Gasteiger partial charge in [-0.25, -0.2) is 0 Å². The predicted octanol–water partition coefficient (Wildman–Crippen LogP) is 4.71. The van der Waals surface area contributed by atoms with Gasteiger partial charge in [-0.2, -0.15) is 0 Å². The second-order valence-corrected chi connectivity index (χ2v) is 9.90. The average molecular weight is 438 g/mol. The van der Waals surface area contributed by atoms with Crippen molar-refractivity contribution in [3.05, 3.63) is 52.2 Å². The molecule has 3 aromatic rings. The molecular formula is C24H27N3O3S. The maximum atomic E-state index is 13.3. The van der Waals surface area contributed by atoms with Crippen LogP contribution in [0.25, 0.3) is 10.1 Å². The molecule has 1 saturated heterocycles. The molecule has 1 aliphatic carbocycles. The summed E-state index contributed by atoms with van der Waals surface area (Å²) >= 11 is 1.55. The Morgan fingerprint density at radius 1 is 1.19 bits per heavy atom. The minimum Gasteiger partial charge on any atom is -0.360 e. The number of piperidine rings is 1. The van der Waals surface area contributed by atoms with Crippen molar-refractivity contribution in [2.24, 2.45) is 0 Å². The first-order valence-corrected chi connectivity index (χ1v) is 11.8. The number of likely N-dealkylation sites (tertiary alicyclic amines) is 1. The van der Waals surface area contributed by atoms with E-state index >= 15 is 0 Å². The molecule has 1 aliphatic heterocycles. The molecule has 7 heteroatoms. The molecule has 2 amide bonds. The molecule has 2 aliphatic rings. The predicted molar refractivity (Wildman–Crippen MR) is 121 cm³/mol. The van der Waals surface area contributed by atoms with Crippen molar-refractivity contribution in [3.8, 4) is 0 Å². The normalized spacial score (nSPS) is 19.0. The minimum absolute atomic E-state index is 0.0236. The number of amides is 2. The quantitative estimate of drug-likeness (QED) is 0.580. The van der Waals surface area contributed by atoms with E-state index in [1.54, 1.807) is 30.3 Å². The lowest BCUT2D eigenvalue weighted by molar-refractivity contribution is 0.0603. The van der Waals surface area contributed by atoms with Crippen LogP contribution in [0.15, 0.2) is 34.9 Å². The largest absolute Gasteiger partial charge is 0.360 e. The second-order valence-electron chi connectivity index (χ2n) is 8.85. The number of benzene rings is 1. The third-order valence-electron chi connectivity index (χ3n) is 6.35. The van der Waals surface area contributed by atoms with Crippen molar-refractivity contribution < 1.29 is 14.1 Å². The fourth-order valence-corrected chi connectivity index (χ4v) is 5.74. The maximum Gasteiger partial charge on any atom is 0.276 e. The fourth-order valence-electron chi connectivity index (χ4n) is 4.49. The molecule has 0 spiro atoms. The number of thiophene rings is 1. The van der Waals surface area contributed by atoms with Crippen LogP contribution >= 0.6 is 11.3 Å². The maximum absolute atomic E-state index is 13.3. The van der Waals surface area contributed by atoms with Gasteiger partial charge in [0.1, 0.15) is 5.76 Å². The molecule has 5 rings (SSSR count). The van der Waals surface area contributed by atoms with Crippen LogP contribution in [0.3, 0.4) is 0 Å². The lowest BCUT2D eigenvalue weighted by Crippen LogP contribution is -2.45. The molecular weight excluding hydrogens is 410 g/mol. The number of fused-ring (bicyclic) bond motifs is 1. The highest BCUT2D eigenvalue weighted by molar-refractivity contribution is 7.21. The molecule has 162 valence electrons. The smallest absolute Gasteiger partial charge is 0.276 e.